The van der Waals surface area contributed by atoms with Gasteiger partial charge < -0.3 is 90.4 Å². The highest BCUT2D eigenvalue weighted by Crippen LogP contribution is 2.40. The van der Waals surface area contributed by atoms with Crippen LogP contribution in [0.2, 0.25) is 0 Å². The number of aliphatic carboxylic acids is 1. The molecule has 4 saturated heterocycles. The summed E-state index contributed by atoms with van der Waals surface area (Å²) in [6.07, 6.45) is 1.90. The third-order valence-electron chi connectivity index (χ3n) is 22.4. The molecule has 10 amide bonds. The molecule has 104 heavy (non-hydrogen) atoms. The van der Waals surface area contributed by atoms with Crippen LogP contribution in [0.3, 0.4) is 0 Å². The topological polar surface area (TPSA) is 428 Å². The maximum atomic E-state index is 15.3. The smallest absolute Gasteiger partial charge is 0.305 e. The van der Waals surface area contributed by atoms with Crippen LogP contribution in [0.5, 0.6) is 0 Å². The number of halogens is 2. The summed E-state index contributed by atoms with van der Waals surface area (Å²) in [6.45, 7) is 1.17. The second-order valence-corrected chi connectivity index (χ2v) is 32.1. The number of carboxylic acid groups (broad SMARTS) is 1. The van der Waals surface area contributed by atoms with Crippen molar-refractivity contribution in [3.8, 4) is 0 Å². The minimum atomic E-state index is -1.91. The monoisotopic (exact) mass is 1490 g/mol. The van der Waals surface area contributed by atoms with Crippen LogP contribution >= 0.6 is 23.5 Å². The SMILES string of the molecule is NCCCC[C@@H]1NC(=O)CCSCc2ccc3ccc(cc3c2)CSC[C@@H](C(N)=O)NC(=O)[C@@H]2CCCN2C(=O)[C@H](CC2CCC(O)CC2)NC(=O)[C@H](CC2CNCN2)NC(=O)[C@H](CC(=O)O)NC(=O)[C@H](CC2CNC3CCC(F)CC23)NC(=O)[C@H](CC2CNC3CCC(F)CC23)NC(=O)CNC1=O. The van der Waals surface area contributed by atoms with E-state index in [0.717, 1.165) is 21.9 Å². The van der Waals surface area contributed by atoms with Gasteiger partial charge in [-0.1, -0.05) is 36.4 Å². The highest BCUT2D eigenvalue weighted by Gasteiger charge is 2.47. The lowest BCUT2D eigenvalue weighted by Gasteiger charge is -2.34. The summed E-state index contributed by atoms with van der Waals surface area (Å²) in [5.41, 5.74) is 13.7. The largest absolute Gasteiger partial charge is 0.481 e. The number of thioether (sulfide) groups is 2. The highest BCUT2D eigenvalue weighted by atomic mass is 32.2. The summed E-state index contributed by atoms with van der Waals surface area (Å²) in [4.78, 5) is 159. The summed E-state index contributed by atoms with van der Waals surface area (Å²) < 4.78 is 30.5. The van der Waals surface area contributed by atoms with Crippen molar-refractivity contribution < 1.29 is 71.7 Å². The molecule has 17 atom stereocenters. The fourth-order valence-corrected chi connectivity index (χ4v) is 18.6. The van der Waals surface area contributed by atoms with Crippen molar-refractivity contribution in [3.05, 3.63) is 47.5 Å². The number of nitrogens with two attached hydrogens (primary N) is 2. The van der Waals surface area contributed by atoms with Crippen LogP contribution in [-0.2, 0) is 64.2 Å². The molecular weight excluding hydrogens is 1390 g/mol. The zero-order chi connectivity index (χ0) is 74.0. The van der Waals surface area contributed by atoms with E-state index in [1.54, 1.807) is 0 Å². The first-order valence-electron chi connectivity index (χ1n) is 37.5. The zero-order valence-electron chi connectivity index (χ0n) is 59.1. The van der Waals surface area contributed by atoms with Crippen LogP contribution in [0, 0.1) is 29.6 Å². The number of benzene rings is 2. The quantitative estimate of drug-likeness (QED) is 0.107. The Balaban J connectivity index is 0.949. The summed E-state index contributed by atoms with van der Waals surface area (Å²) in [5, 5.41) is 58.2. The van der Waals surface area contributed by atoms with E-state index < -0.39 is 157 Å². The number of hydrogen-bond donors (Lipinski definition) is 16. The molecule has 574 valence electrons. The van der Waals surface area contributed by atoms with Gasteiger partial charge in [0, 0.05) is 67.3 Å². The predicted octanol–water partition coefficient (Wildman–Crippen LogP) is 0.382. The number of carboxylic acids is 1. The van der Waals surface area contributed by atoms with E-state index in [2.05, 4.69) is 69.9 Å². The predicted molar refractivity (Wildman–Crippen MR) is 388 cm³/mol. The van der Waals surface area contributed by atoms with Gasteiger partial charge in [-0.05, 0) is 193 Å². The number of rotatable bonds is 15. The maximum absolute atomic E-state index is 15.3. The second-order valence-electron chi connectivity index (χ2n) is 29.9. The average Bonchev–Trinajstić information content (AvgIpc) is 1.62. The lowest BCUT2D eigenvalue weighted by atomic mass is 9.76. The molecule has 32 heteroatoms. The third kappa shape index (κ3) is 22.6. The summed E-state index contributed by atoms with van der Waals surface area (Å²) in [6, 6.07) is 0.548. The van der Waals surface area contributed by atoms with Gasteiger partial charge in [-0.15, -0.1) is 0 Å². The number of primary amides is 1. The van der Waals surface area contributed by atoms with Crippen LogP contribution in [0.1, 0.15) is 146 Å². The molecule has 2 aromatic carbocycles. The fraction of sp³-hybridized carbons (Fsp3) is 0.708. The number of alkyl halides is 2. The highest BCUT2D eigenvalue weighted by molar-refractivity contribution is 7.98. The van der Waals surface area contributed by atoms with Gasteiger partial charge in [-0.3, -0.25) is 52.7 Å². The number of aliphatic hydroxyl groups excluding tert-OH is 1. The summed E-state index contributed by atoms with van der Waals surface area (Å²) >= 11 is 2.91. The van der Waals surface area contributed by atoms with Gasteiger partial charge in [-0.2, -0.15) is 23.5 Å². The van der Waals surface area contributed by atoms with E-state index in [-0.39, 0.29) is 106 Å². The van der Waals surface area contributed by atoms with E-state index in [9.17, 15) is 43.8 Å². The first-order chi connectivity index (χ1) is 50.0. The molecule has 3 bridgehead atoms. The number of nitrogens with one attached hydrogen (secondary N) is 12. The van der Waals surface area contributed by atoms with E-state index in [1.165, 1.54) is 28.4 Å². The fourth-order valence-electron chi connectivity index (χ4n) is 16.7. The Labute approximate surface area is 614 Å². The number of nitrogens with zero attached hydrogens (tertiary/aromatic N) is 1. The molecule has 0 spiro atoms. The maximum Gasteiger partial charge on any atom is 0.305 e. The first-order valence-corrected chi connectivity index (χ1v) is 39.8. The molecule has 2 aromatic rings. The Hall–Kier alpha value is -6.81. The van der Waals surface area contributed by atoms with Crippen LogP contribution in [0.4, 0.5) is 8.78 Å². The second kappa shape index (κ2) is 38.6. The van der Waals surface area contributed by atoms with Gasteiger partial charge in [0.2, 0.25) is 59.1 Å². The number of unbranched alkanes of at least 4 members (excludes halogenated alkanes) is 1. The number of hydrogen-bond acceptors (Lipinski definition) is 19. The number of carbonyl (C=O) groups is 11. The Bertz CT molecular complexity index is 3360. The van der Waals surface area contributed by atoms with E-state index in [0.29, 0.717) is 121 Å². The number of carbonyl (C=O) groups excluding carboxylic acids is 10. The normalized spacial score (nSPS) is 34.0. The lowest BCUT2D eigenvalue weighted by Crippen LogP contribution is -2.61. The molecular formula is C72H107F2N15O13S2. The van der Waals surface area contributed by atoms with Crippen molar-refractivity contribution in [1.82, 2.24) is 68.7 Å². The van der Waals surface area contributed by atoms with Crippen molar-refractivity contribution in [3.63, 3.8) is 0 Å². The van der Waals surface area contributed by atoms with Crippen molar-refractivity contribution in [2.24, 2.45) is 41.1 Å². The number of aliphatic hydroxyl groups is 1. The molecule has 18 N–H and O–H groups in total. The van der Waals surface area contributed by atoms with Crippen molar-refractivity contribution in [2.45, 2.75) is 231 Å². The van der Waals surface area contributed by atoms with Crippen LogP contribution in [0.25, 0.3) is 10.8 Å². The minimum Gasteiger partial charge on any atom is -0.481 e. The standard InChI is InChI=1S/C72H107F2N15O13S2/c73-46-12-16-52-50(27-46)44(31-78-52)25-55-67(97)84-56(26-45-32-79-53-17-13-47(74)28-51(45)53)68(98)86-58(30-64(93)94)70(100)85-57(29-48-33-77-38-81-48)69(99)87-59(24-39-8-14-49(90)15-9-39)72(102)89-20-3-5-61(89)71(101)88-60(65(76)95)37-104-36-41-7-11-42-10-6-40(22-43(42)23-41)35-103-21-18-62(91)82-54(4-1-2-19-75)66(96)80-34-63(92)83-55/h6-7,10-11,22-23,39,44-61,77-79,81,90H,1-5,8-9,12-21,24-38,75H2,(H2,76,95)(H,80,96)(H,82,91)(H,83,92)(H,84,97)(H,85,100)(H,86,98)(H,87,99)(H,88,101)(H,93,94)/t39?,44?,45?,46?,47?,48?,49?,50?,51?,52?,53?,54-,55-,56-,57-,58-,59-,60-,61-/m0/s1. The molecule has 7 fully saturated rings. The molecule has 3 aliphatic carbocycles. The molecule has 8 aliphatic rings. The van der Waals surface area contributed by atoms with Gasteiger partial charge in [-0.25, -0.2) is 8.78 Å². The molecule has 0 radical (unpaired) electrons. The average molecular weight is 1490 g/mol. The summed E-state index contributed by atoms with van der Waals surface area (Å²) in [7, 11) is 0. The molecule has 5 heterocycles. The van der Waals surface area contributed by atoms with Gasteiger partial charge in [0.15, 0.2) is 0 Å². The van der Waals surface area contributed by atoms with E-state index in [4.69, 9.17) is 11.5 Å². The summed E-state index contributed by atoms with van der Waals surface area (Å²) in [5.74, 6) is -9.17. The molecule has 9 unspecified atom stereocenters. The Morgan fingerprint density at radius 3 is 1.78 bits per heavy atom. The van der Waals surface area contributed by atoms with Crippen LogP contribution in [0.15, 0.2) is 36.4 Å². The van der Waals surface area contributed by atoms with Crippen LogP contribution < -0.4 is 75.3 Å². The molecule has 5 aliphatic heterocycles. The molecule has 0 aromatic heterocycles. The first kappa shape index (κ1) is 79.7. The number of fused-ring (bicyclic) bond motifs is 5. The van der Waals surface area contributed by atoms with Gasteiger partial charge in [0.1, 0.15) is 60.7 Å². The van der Waals surface area contributed by atoms with Crippen molar-refractivity contribution in [1.29, 1.82) is 0 Å². The minimum absolute atomic E-state index is 0.0444. The molecule has 28 nitrogen and oxygen atoms in total. The Morgan fingerprint density at radius 2 is 1.17 bits per heavy atom. The van der Waals surface area contributed by atoms with Gasteiger partial charge in [0.05, 0.1) is 19.1 Å². The molecule has 10 rings (SSSR count). The number of amides is 10. The van der Waals surface area contributed by atoms with Gasteiger partial charge in [0.25, 0.3) is 0 Å². The molecule has 3 saturated carbocycles. The van der Waals surface area contributed by atoms with Crippen LogP contribution in [-0.4, -0.2) is 223 Å². The van der Waals surface area contributed by atoms with Crippen molar-refractivity contribution >= 4 is 99.3 Å². The third-order valence-corrected chi connectivity index (χ3v) is 24.5. The zero-order valence-corrected chi connectivity index (χ0v) is 60.8. The van der Waals surface area contributed by atoms with E-state index >= 15 is 28.0 Å². The van der Waals surface area contributed by atoms with E-state index in [1.807, 2.05) is 30.3 Å². The van der Waals surface area contributed by atoms with Crippen molar-refractivity contribution in [2.75, 3.05) is 57.4 Å². The Morgan fingerprint density at radius 1 is 0.587 bits per heavy atom. The van der Waals surface area contributed by atoms with Gasteiger partial charge >= 0.3 is 5.97 Å². The lowest BCUT2D eigenvalue weighted by molar-refractivity contribution is -0.143. The Kier molecular flexibility index (Phi) is 29.6.